The second kappa shape index (κ2) is 7.45. The van der Waals surface area contributed by atoms with Crippen molar-refractivity contribution in [2.75, 3.05) is 6.54 Å². The molecule has 0 radical (unpaired) electrons. The third-order valence-electron chi connectivity index (χ3n) is 3.12. The molecular formula is C12H13F12NO2. The molecule has 0 bridgehead atoms. The van der Waals surface area contributed by atoms with Crippen molar-refractivity contribution in [3.63, 3.8) is 0 Å². The minimum absolute atomic E-state index is 0.0864. The zero-order valence-corrected chi connectivity index (χ0v) is 13.5. The highest BCUT2D eigenvalue weighted by Crippen LogP contribution is 2.60. The third-order valence-corrected chi connectivity index (χ3v) is 3.12. The molecule has 0 aromatic heterocycles. The summed E-state index contributed by atoms with van der Waals surface area (Å²) in [5.41, 5.74) is 0. The Morgan fingerprint density at radius 1 is 0.778 bits per heavy atom. The number of unbranched alkanes of at least 4 members (excludes halogenated alkanes) is 1. The van der Waals surface area contributed by atoms with Crippen molar-refractivity contribution >= 4 is 6.09 Å². The van der Waals surface area contributed by atoms with E-state index in [-0.39, 0.29) is 6.42 Å². The zero-order valence-electron chi connectivity index (χ0n) is 13.5. The average Bonchev–Trinajstić information content (AvgIpc) is 2.44. The number of rotatable bonds is 9. The van der Waals surface area contributed by atoms with E-state index in [1.165, 1.54) is 12.2 Å². The molecule has 15 heteroatoms. The van der Waals surface area contributed by atoms with Crippen molar-refractivity contribution in [2.45, 2.75) is 62.4 Å². The van der Waals surface area contributed by atoms with E-state index in [1.54, 1.807) is 0 Å². The number of hydrogen-bond donors (Lipinski definition) is 1. The van der Waals surface area contributed by atoms with Gasteiger partial charge in [0, 0.05) is 13.5 Å². The number of amides is 1. The predicted octanol–water partition coefficient (Wildman–Crippen LogP) is 5.30. The first kappa shape index (κ1) is 25.4. The van der Waals surface area contributed by atoms with E-state index in [9.17, 15) is 57.5 Å². The first-order chi connectivity index (χ1) is 11.7. The van der Waals surface area contributed by atoms with Gasteiger partial charge in [0.1, 0.15) is 0 Å². The first-order valence-electron chi connectivity index (χ1n) is 6.94. The van der Waals surface area contributed by atoms with Gasteiger partial charge < -0.3 is 10.1 Å². The number of hydrogen-bond acceptors (Lipinski definition) is 2. The fraction of sp³-hybridized carbons (Fsp3) is 0.917. The lowest BCUT2D eigenvalue weighted by Crippen LogP contribution is -2.70. The summed E-state index contributed by atoms with van der Waals surface area (Å²) in [7, 11) is 0. The fourth-order valence-electron chi connectivity index (χ4n) is 1.44. The number of halogens is 12. The van der Waals surface area contributed by atoms with E-state index in [4.69, 9.17) is 0 Å². The predicted molar refractivity (Wildman–Crippen MR) is 64.7 cm³/mol. The van der Waals surface area contributed by atoms with Gasteiger partial charge in [0.15, 0.2) is 0 Å². The molecule has 0 aromatic carbocycles. The lowest BCUT2D eigenvalue weighted by atomic mass is 9.94. The summed E-state index contributed by atoms with van der Waals surface area (Å²) < 4.78 is 159. The Bertz CT molecular complexity index is 529. The lowest BCUT2D eigenvalue weighted by Gasteiger charge is -2.39. The molecule has 27 heavy (non-hydrogen) atoms. The summed E-state index contributed by atoms with van der Waals surface area (Å²) in [5.74, 6) is -36.1. The quantitative estimate of drug-likeness (QED) is 0.398. The maximum Gasteiger partial charge on any atom is 0.474 e. The Labute approximate surface area is 144 Å². The molecule has 0 aliphatic carbocycles. The van der Waals surface area contributed by atoms with Crippen LogP contribution in [-0.4, -0.2) is 48.4 Å². The minimum Gasteiger partial charge on any atom is -0.379 e. The van der Waals surface area contributed by atoms with E-state index in [0.29, 0.717) is 6.42 Å². The van der Waals surface area contributed by atoms with Gasteiger partial charge in [-0.3, -0.25) is 0 Å². The number of carbonyl (C=O) groups excluding carboxylic acids is 1. The van der Waals surface area contributed by atoms with Crippen LogP contribution in [-0.2, 0) is 4.74 Å². The van der Waals surface area contributed by atoms with Crippen molar-refractivity contribution in [1.29, 1.82) is 0 Å². The monoisotopic (exact) mass is 431 g/mol. The highest BCUT2D eigenvalue weighted by atomic mass is 19.4. The minimum atomic E-state index is -7.75. The molecule has 0 rings (SSSR count). The van der Waals surface area contributed by atoms with Crippen molar-refractivity contribution in [1.82, 2.24) is 5.32 Å². The number of alkyl halides is 12. The summed E-state index contributed by atoms with van der Waals surface area (Å²) in [4.78, 5) is 10.9. The van der Waals surface area contributed by atoms with Crippen LogP contribution in [0.5, 0.6) is 0 Å². The highest BCUT2D eigenvalue weighted by Gasteiger charge is 2.90. The van der Waals surface area contributed by atoms with Gasteiger partial charge in [-0.05, 0) is 6.42 Å². The Kier molecular flexibility index (Phi) is 7.02. The molecule has 0 heterocycles. The average molecular weight is 431 g/mol. The number of nitrogens with one attached hydrogen (secondary N) is 1. The molecule has 0 unspecified atom stereocenters. The van der Waals surface area contributed by atoms with E-state index >= 15 is 0 Å². The van der Waals surface area contributed by atoms with Crippen LogP contribution in [0.3, 0.4) is 0 Å². The summed E-state index contributed by atoms with van der Waals surface area (Å²) in [6.07, 6.45) is -8.78. The third kappa shape index (κ3) is 4.31. The van der Waals surface area contributed by atoms with Crippen LogP contribution >= 0.6 is 0 Å². The van der Waals surface area contributed by atoms with E-state index < -0.39 is 55.3 Å². The van der Waals surface area contributed by atoms with Crippen molar-refractivity contribution in [3.8, 4) is 0 Å². The molecular weight excluding hydrogens is 418 g/mol. The van der Waals surface area contributed by atoms with Crippen LogP contribution in [0, 0.1) is 0 Å². The Hall–Kier alpha value is -1.57. The molecule has 0 aromatic rings. The van der Waals surface area contributed by atoms with Crippen LogP contribution < -0.4 is 5.32 Å². The van der Waals surface area contributed by atoms with Gasteiger partial charge in [0.05, 0.1) is 0 Å². The van der Waals surface area contributed by atoms with Gasteiger partial charge in [-0.1, -0.05) is 13.3 Å². The first-order valence-corrected chi connectivity index (χ1v) is 6.94. The Balaban J connectivity index is 5.84. The normalized spacial score (nSPS) is 14.9. The molecule has 0 atom stereocenters. The SMILES string of the molecule is CCCCNC(=O)OC(F)(F)C(F)(F)C(F)(F)C(F)(F)C(F)(F)C(C)(F)F. The summed E-state index contributed by atoms with van der Waals surface area (Å²) in [6.45, 7) is 0.0523. The van der Waals surface area contributed by atoms with Crippen LogP contribution in [0.25, 0.3) is 0 Å². The largest absolute Gasteiger partial charge is 0.474 e. The standard InChI is InChI=1S/C12H13F12NO2/c1-3-4-5-25-6(26)27-12(23,24)11(21,22)10(19,20)9(17,18)8(15,16)7(2,13)14/h3-5H2,1-2H3,(H,25,26). The van der Waals surface area contributed by atoms with Gasteiger partial charge in [-0.25, -0.2) is 4.79 Å². The molecule has 0 aliphatic heterocycles. The van der Waals surface area contributed by atoms with Crippen LogP contribution in [0.2, 0.25) is 0 Å². The number of alkyl carbamates (subject to hydrolysis) is 1. The van der Waals surface area contributed by atoms with Crippen LogP contribution in [0.15, 0.2) is 0 Å². The van der Waals surface area contributed by atoms with Gasteiger partial charge in [0.25, 0.3) is 0 Å². The summed E-state index contributed by atoms with van der Waals surface area (Å²) >= 11 is 0. The van der Waals surface area contributed by atoms with Crippen molar-refractivity contribution in [3.05, 3.63) is 0 Å². The summed E-state index contributed by atoms with van der Waals surface area (Å²) in [6, 6.07) is 0. The topological polar surface area (TPSA) is 38.3 Å². The van der Waals surface area contributed by atoms with Crippen molar-refractivity contribution < 1.29 is 62.2 Å². The molecule has 1 amide bonds. The molecule has 0 spiro atoms. The second-order valence-corrected chi connectivity index (χ2v) is 5.37. The maximum atomic E-state index is 13.3. The molecule has 1 N–H and O–H groups in total. The van der Waals surface area contributed by atoms with Gasteiger partial charge in [-0.2, -0.15) is 52.7 Å². The number of carbonyl (C=O) groups is 1. The van der Waals surface area contributed by atoms with Crippen molar-refractivity contribution in [2.24, 2.45) is 0 Å². The molecule has 0 saturated heterocycles. The Morgan fingerprint density at radius 2 is 1.19 bits per heavy atom. The lowest BCUT2D eigenvalue weighted by molar-refractivity contribution is -0.448. The van der Waals surface area contributed by atoms with Gasteiger partial charge >= 0.3 is 41.8 Å². The smallest absolute Gasteiger partial charge is 0.379 e. The molecule has 0 aliphatic rings. The van der Waals surface area contributed by atoms with E-state index in [0.717, 1.165) is 0 Å². The Morgan fingerprint density at radius 3 is 1.56 bits per heavy atom. The van der Waals surface area contributed by atoms with Gasteiger partial charge in [-0.15, -0.1) is 0 Å². The molecule has 3 nitrogen and oxygen atoms in total. The summed E-state index contributed by atoms with van der Waals surface area (Å²) in [5, 5.41) is 1.38. The fourth-order valence-corrected chi connectivity index (χ4v) is 1.44. The van der Waals surface area contributed by atoms with Crippen LogP contribution in [0.1, 0.15) is 26.7 Å². The van der Waals surface area contributed by atoms with E-state index in [2.05, 4.69) is 4.74 Å². The molecule has 0 fully saturated rings. The molecule has 0 saturated carbocycles. The van der Waals surface area contributed by atoms with Gasteiger partial charge in [0.2, 0.25) is 0 Å². The van der Waals surface area contributed by atoms with E-state index in [1.807, 2.05) is 0 Å². The zero-order chi connectivity index (χ0) is 22.1. The molecule has 162 valence electrons. The number of ether oxygens (including phenoxy) is 1. The maximum absolute atomic E-state index is 13.3. The second-order valence-electron chi connectivity index (χ2n) is 5.37. The van der Waals surface area contributed by atoms with Crippen LogP contribution in [0.4, 0.5) is 57.5 Å². The highest BCUT2D eigenvalue weighted by molar-refractivity contribution is 5.67.